The molecule has 0 saturated carbocycles. The molecule has 13 heavy (non-hydrogen) atoms. The molecular formula is C5H5F7O. The van der Waals surface area contributed by atoms with Crippen LogP contribution in [0.5, 0.6) is 0 Å². The lowest BCUT2D eigenvalue weighted by Gasteiger charge is -2.15. The smallest absolute Gasteiger partial charge is 0.293 e. The molecule has 0 aromatic carbocycles. The summed E-state index contributed by atoms with van der Waals surface area (Å²) in [6.07, 6.45) is -17.7. The molecule has 3 unspecified atom stereocenters. The fourth-order valence-corrected chi connectivity index (χ4v) is 0.373. The molecule has 0 rings (SSSR count). The summed E-state index contributed by atoms with van der Waals surface area (Å²) in [7, 11) is 0. The van der Waals surface area contributed by atoms with Gasteiger partial charge >= 0.3 is 0 Å². The summed E-state index contributed by atoms with van der Waals surface area (Å²) in [6, 6.07) is 0. The van der Waals surface area contributed by atoms with Gasteiger partial charge in [-0.3, -0.25) is 0 Å². The first-order valence-corrected chi connectivity index (χ1v) is 3.00. The first-order chi connectivity index (χ1) is 5.86. The molecule has 0 N–H and O–H groups in total. The Kier molecular flexibility index (Phi) is 5.04. The van der Waals surface area contributed by atoms with Crippen LogP contribution in [0.4, 0.5) is 30.7 Å². The Morgan fingerprint density at radius 3 is 1.38 bits per heavy atom. The van der Waals surface area contributed by atoms with Crippen molar-refractivity contribution in [1.82, 2.24) is 0 Å². The summed E-state index contributed by atoms with van der Waals surface area (Å²) < 4.78 is 83.9. The minimum absolute atomic E-state index is 3.00. The third-order valence-electron chi connectivity index (χ3n) is 0.949. The van der Waals surface area contributed by atoms with Gasteiger partial charge in [0.2, 0.25) is 12.5 Å². The van der Waals surface area contributed by atoms with Gasteiger partial charge in [-0.15, -0.1) is 0 Å². The van der Waals surface area contributed by atoms with Gasteiger partial charge in [-0.1, -0.05) is 0 Å². The molecule has 0 aromatic rings. The Morgan fingerprint density at radius 2 is 1.08 bits per heavy atom. The molecular weight excluding hydrogens is 209 g/mol. The van der Waals surface area contributed by atoms with Crippen LogP contribution in [-0.4, -0.2) is 31.7 Å². The molecule has 0 bridgehead atoms. The van der Waals surface area contributed by atoms with Crippen molar-refractivity contribution in [3.05, 3.63) is 0 Å². The van der Waals surface area contributed by atoms with Crippen LogP contribution in [0.25, 0.3) is 0 Å². The molecule has 0 aliphatic rings. The van der Waals surface area contributed by atoms with Crippen LogP contribution in [0.1, 0.15) is 0 Å². The second kappa shape index (κ2) is 5.25. The third kappa shape index (κ3) is 4.30. The SMILES string of the molecule is FC(F)C(F)OC(F)C(F)C(F)F. The van der Waals surface area contributed by atoms with Crippen molar-refractivity contribution in [3.8, 4) is 0 Å². The normalized spacial score (nSPS) is 19.2. The van der Waals surface area contributed by atoms with Gasteiger partial charge in [0.15, 0.2) is 0 Å². The molecule has 0 aliphatic heterocycles. The van der Waals surface area contributed by atoms with Crippen molar-refractivity contribution < 1.29 is 35.5 Å². The molecule has 0 spiro atoms. The molecule has 0 saturated heterocycles. The first-order valence-electron chi connectivity index (χ1n) is 3.00. The van der Waals surface area contributed by atoms with Crippen LogP contribution < -0.4 is 0 Å². The zero-order valence-corrected chi connectivity index (χ0v) is 5.94. The zero-order chi connectivity index (χ0) is 10.6. The largest absolute Gasteiger partial charge is 0.306 e. The van der Waals surface area contributed by atoms with Crippen molar-refractivity contribution >= 4 is 0 Å². The monoisotopic (exact) mass is 214 g/mol. The Hall–Kier alpha value is -0.530. The highest BCUT2D eigenvalue weighted by atomic mass is 19.3. The van der Waals surface area contributed by atoms with E-state index >= 15 is 0 Å². The molecule has 1 nitrogen and oxygen atoms in total. The Labute approximate surface area is 68.5 Å². The van der Waals surface area contributed by atoms with Crippen LogP contribution in [-0.2, 0) is 4.74 Å². The highest BCUT2D eigenvalue weighted by Crippen LogP contribution is 2.18. The summed E-state index contributed by atoms with van der Waals surface area (Å²) in [6.45, 7) is 0. The maximum absolute atomic E-state index is 12.0. The maximum atomic E-state index is 12.0. The van der Waals surface area contributed by atoms with E-state index in [9.17, 15) is 30.7 Å². The Morgan fingerprint density at radius 1 is 0.615 bits per heavy atom. The molecule has 0 amide bonds. The lowest BCUT2D eigenvalue weighted by Crippen LogP contribution is -2.32. The Balaban J connectivity index is 3.92. The van der Waals surface area contributed by atoms with Crippen LogP contribution >= 0.6 is 0 Å². The minimum Gasteiger partial charge on any atom is -0.306 e. The van der Waals surface area contributed by atoms with E-state index in [2.05, 4.69) is 4.74 Å². The summed E-state index contributed by atoms with van der Waals surface area (Å²) >= 11 is 0. The number of rotatable bonds is 5. The van der Waals surface area contributed by atoms with E-state index in [4.69, 9.17) is 0 Å². The second-order valence-corrected chi connectivity index (χ2v) is 1.95. The topological polar surface area (TPSA) is 9.23 Å². The molecule has 0 radical (unpaired) electrons. The summed E-state index contributed by atoms with van der Waals surface area (Å²) in [5, 5.41) is 0. The van der Waals surface area contributed by atoms with E-state index in [1.54, 1.807) is 0 Å². The summed E-state index contributed by atoms with van der Waals surface area (Å²) in [5.74, 6) is 0. The molecule has 80 valence electrons. The highest BCUT2D eigenvalue weighted by molar-refractivity contribution is 4.63. The standard InChI is InChI=1S/C5H5F7O/c6-1(2(7)8)4(11)13-5(12)3(9)10/h1-5H. The van der Waals surface area contributed by atoms with Crippen molar-refractivity contribution in [2.24, 2.45) is 0 Å². The fourth-order valence-electron chi connectivity index (χ4n) is 0.373. The predicted molar refractivity (Wildman–Crippen MR) is 27.8 cm³/mol. The van der Waals surface area contributed by atoms with Crippen LogP contribution in [0.2, 0.25) is 0 Å². The van der Waals surface area contributed by atoms with E-state index in [0.717, 1.165) is 0 Å². The van der Waals surface area contributed by atoms with Crippen molar-refractivity contribution in [2.45, 2.75) is 31.7 Å². The quantitative estimate of drug-likeness (QED) is 0.638. The van der Waals surface area contributed by atoms with Gasteiger partial charge in [-0.05, 0) is 0 Å². The summed E-state index contributed by atoms with van der Waals surface area (Å²) in [5.41, 5.74) is 0. The van der Waals surface area contributed by atoms with Gasteiger partial charge in [0.1, 0.15) is 0 Å². The van der Waals surface area contributed by atoms with Gasteiger partial charge in [0, 0.05) is 0 Å². The number of ether oxygens (including phenoxy) is 1. The first kappa shape index (κ1) is 12.5. The predicted octanol–water partition coefficient (Wildman–Crippen LogP) is 2.46. The lowest BCUT2D eigenvalue weighted by molar-refractivity contribution is -0.222. The van der Waals surface area contributed by atoms with Gasteiger partial charge < -0.3 is 4.74 Å². The van der Waals surface area contributed by atoms with E-state index in [1.165, 1.54) is 0 Å². The van der Waals surface area contributed by atoms with Crippen molar-refractivity contribution in [2.75, 3.05) is 0 Å². The Bertz CT molecular complexity index is 141. The van der Waals surface area contributed by atoms with Crippen molar-refractivity contribution in [1.29, 1.82) is 0 Å². The molecule has 0 aromatic heterocycles. The van der Waals surface area contributed by atoms with Crippen LogP contribution in [0, 0.1) is 0 Å². The average Bonchev–Trinajstić information content (AvgIpc) is 2.02. The molecule has 3 atom stereocenters. The fraction of sp³-hybridized carbons (Fsp3) is 1.00. The number of halogens is 7. The van der Waals surface area contributed by atoms with Crippen molar-refractivity contribution in [3.63, 3.8) is 0 Å². The molecule has 0 aliphatic carbocycles. The van der Waals surface area contributed by atoms with E-state index < -0.39 is 31.7 Å². The third-order valence-corrected chi connectivity index (χ3v) is 0.949. The van der Waals surface area contributed by atoms with E-state index in [0.29, 0.717) is 0 Å². The van der Waals surface area contributed by atoms with E-state index in [1.807, 2.05) is 0 Å². The minimum atomic E-state index is -3.75. The number of hydrogen-bond acceptors (Lipinski definition) is 1. The molecule has 0 heterocycles. The van der Waals surface area contributed by atoms with Crippen LogP contribution in [0.15, 0.2) is 0 Å². The highest BCUT2D eigenvalue weighted by Gasteiger charge is 2.35. The molecule has 8 heteroatoms. The number of hydrogen-bond donors (Lipinski definition) is 0. The summed E-state index contributed by atoms with van der Waals surface area (Å²) in [4.78, 5) is 0. The number of alkyl halides is 7. The van der Waals surface area contributed by atoms with Gasteiger partial charge in [0.05, 0.1) is 0 Å². The lowest BCUT2D eigenvalue weighted by atomic mass is 10.4. The molecule has 0 fully saturated rings. The van der Waals surface area contributed by atoms with Gasteiger partial charge in [-0.2, -0.15) is 0 Å². The maximum Gasteiger partial charge on any atom is 0.293 e. The van der Waals surface area contributed by atoms with Crippen LogP contribution in [0.3, 0.4) is 0 Å². The second-order valence-electron chi connectivity index (χ2n) is 1.95. The van der Waals surface area contributed by atoms with Gasteiger partial charge in [-0.25, -0.2) is 30.7 Å². The zero-order valence-electron chi connectivity index (χ0n) is 5.94. The van der Waals surface area contributed by atoms with E-state index in [-0.39, 0.29) is 0 Å². The average molecular weight is 214 g/mol. The van der Waals surface area contributed by atoms with Gasteiger partial charge in [0.25, 0.3) is 19.2 Å².